The predicted molar refractivity (Wildman–Crippen MR) is 100 cm³/mol. The molecular weight excluding hydrogens is 324 g/mol. The second-order valence-corrected chi connectivity index (χ2v) is 8.33. The first-order valence-corrected chi connectivity index (χ1v) is 9.18. The molecule has 0 saturated heterocycles. The number of nitrogens with zero attached hydrogens (tertiary/aromatic N) is 2. The summed E-state index contributed by atoms with van der Waals surface area (Å²) < 4.78 is 1.76. The van der Waals surface area contributed by atoms with Gasteiger partial charge in [0.1, 0.15) is 0 Å². The van der Waals surface area contributed by atoms with Crippen LogP contribution in [0.4, 0.5) is 0 Å². The monoisotopic (exact) mass is 348 g/mol. The third-order valence-corrected chi connectivity index (χ3v) is 6.93. The number of hydrogen-bond acceptors (Lipinski definition) is 3. The number of carbonyl (C=O) groups excluding carboxylic acids is 2. The fourth-order valence-electron chi connectivity index (χ4n) is 4.79. The number of rotatable bonds is 3. The van der Waals surface area contributed by atoms with Gasteiger partial charge in [-0.25, -0.2) is 4.68 Å². The molecule has 4 heteroatoms. The van der Waals surface area contributed by atoms with E-state index in [1.54, 1.807) is 17.0 Å². The summed E-state index contributed by atoms with van der Waals surface area (Å²) >= 11 is 0. The van der Waals surface area contributed by atoms with E-state index < -0.39 is 0 Å². The highest BCUT2D eigenvalue weighted by molar-refractivity contribution is 6.13. The van der Waals surface area contributed by atoms with E-state index in [2.05, 4.69) is 25.9 Å². The van der Waals surface area contributed by atoms with E-state index in [4.69, 9.17) is 0 Å². The molecule has 0 spiro atoms. The number of Topliss-reactive ketones (excluding diaryl/α,β-unsaturated/α-hetero) is 1. The zero-order valence-corrected chi connectivity index (χ0v) is 15.7. The summed E-state index contributed by atoms with van der Waals surface area (Å²) in [5.74, 6) is 0.202. The van der Waals surface area contributed by atoms with E-state index in [0.717, 1.165) is 24.2 Å². The van der Waals surface area contributed by atoms with Gasteiger partial charge in [-0.3, -0.25) is 9.59 Å². The summed E-state index contributed by atoms with van der Waals surface area (Å²) in [6, 6.07) is 9.74. The standard InChI is InChI=1S/C22H24N2O2/c1-14-17(13-23-24(14)15-8-6-5-7-9-15)19(25)12-16-18-10-11-22(4,20(16)26)21(18,2)3/h5-9,12-13,18H,10-11H2,1-4H3/t18-,22+/m1/s1. The first kappa shape index (κ1) is 17.0. The molecule has 26 heavy (non-hydrogen) atoms. The summed E-state index contributed by atoms with van der Waals surface area (Å²) in [5, 5.41) is 4.37. The number of carbonyl (C=O) groups is 2. The lowest BCUT2D eigenvalue weighted by Gasteiger charge is -2.31. The molecule has 1 aromatic carbocycles. The maximum absolute atomic E-state index is 12.9. The Morgan fingerprint density at radius 3 is 2.54 bits per heavy atom. The summed E-state index contributed by atoms with van der Waals surface area (Å²) in [4.78, 5) is 25.9. The van der Waals surface area contributed by atoms with Crippen molar-refractivity contribution in [3.8, 4) is 5.69 Å². The molecule has 0 amide bonds. The van der Waals surface area contributed by atoms with Gasteiger partial charge in [0.25, 0.3) is 0 Å². The Morgan fingerprint density at radius 2 is 1.92 bits per heavy atom. The van der Waals surface area contributed by atoms with Gasteiger partial charge in [-0.2, -0.15) is 5.10 Å². The molecule has 2 atom stereocenters. The number of hydrogen-bond donors (Lipinski definition) is 0. The highest BCUT2D eigenvalue weighted by atomic mass is 16.1. The van der Waals surface area contributed by atoms with Crippen molar-refractivity contribution in [1.29, 1.82) is 0 Å². The zero-order chi connectivity index (χ0) is 18.7. The highest BCUT2D eigenvalue weighted by Crippen LogP contribution is 2.65. The summed E-state index contributed by atoms with van der Waals surface area (Å²) in [6.07, 6.45) is 5.08. The van der Waals surface area contributed by atoms with E-state index >= 15 is 0 Å². The molecule has 2 fully saturated rings. The second-order valence-electron chi connectivity index (χ2n) is 8.33. The Labute approximate surface area is 153 Å². The minimum atomic E-state index is -0.340. The lowest BCUT2D eigenvalue weighted by Crippen LogP contribution is -2.32. The molecule has 2 aromatic rings. The molecule has 2 saturated carbocycles. The van der Waals surface area contributed by atoms with E-state index in [1.165, 1.54) is 0 Å². The first-order chi connectivity index (χ1) is 12.3. The third-order valence-electron chi connectivity index (χ3n) is 6.93. The Balaban J connectivity index is 1.69. The number of ketones is 2. The molecule has 4 rings (SSSR count). The average molecular weight is 348 g/mol. The lowest BCUT2D eigenvalue weighted by atomic mass is 9.70. The van der Waals surface area contributed by atoms with Crippen LogP contribution in [0.25, 0.3) is 5.69 Å². The Morgan fingerprint density at radius 1 is 1.23 bits per heavy atom. The Hall–Kier alpha value is -2.49. The quantitative estimate of drug-likeness (QED) is 0.613. The number of fused-ring (bicyclic) bond motifs is 2. The number of allylic oxidation sites excluding steroid dienone is 2. The molecule has 2 aliphatic carbocycles. The van der Waals surface area contributed by atoms with Crippen molar-refractivity contribution < 1.29 is 9.59 Å². The van der Waals surface area contributed by atoms with Gasteiger partial charge >= 0.3 is 0 Å². The zero-order valence-electron chi connectivity index (χ0n) is 15.7. The van der Waals surface area contributed by atoms with Crippen LogP contribution in [0, 0.1) is 23.7 Å². The fourth-order valence-corrected chi connectivity index (χ4v) is 4.79. The van der Waals surface area contributed by atoms with E-state index in [0.29, 0.717) is 11.1 Å². The van der Waals surface area contributed by atoms with Gasteiger partial charge in [0.2, 0.25) is 0 Å². The molecule has 0 aliphatic heterocycles. The Bertz CT molecular complexity index is 936. The maximum Gasteiger partial charge on any atom is 0.189 e. The third kappa shape index (κ3) is 2.11. The molecule has 134 valence electrons. The summed E-state index contributed by atoms with van der Waals surface area (Å²) in [5.41, 5.74) is 2.55. The average Bonchev–Trinajstić information content (AvgIpc) is 3.15. The summed E-state index contributed by atoms with van der Waals surface area (Å²) in [7, 11) is 0. The molecule has 0 radical (unpaired) electrons. The highest BCUT2D eigenvalue weighted by Gasteiger charge is 2.64. The molecule has 1 aromatic heterocycles. The predicted octanol–water partition coefficient (Wildman–Crippen LogP) is 4.32. The van der Waals surface area contributed by atoms with Crippen LogP contribution >= 0.6 is 0 Å². The van der Waals surface area contributed by atoms with Crippen molar-refractivity contribution in [3.63, 3.8) is 0 Å². The van der Waals surface area contributed by atoms with Crippen molar-refractivity contribution in [1.82, 2.24) is 9.78 Å². The minimum Gasteiger partial charge on any atom is -0.294 e. The van der Waals surface area contributed by atoms with E-state index in [9.17, 15) is 9.59 Å². The maximum atomic E-state index is 12.9. The number of benzene rings is 1. The molecular formula is C22H24N2O2. The van der Waals surface area contributed by atoms with Gasteiger partial charge in [0.15, 0.2) is 11.6 Å². The Kier molecular flexibility index (Phi) is 3.59. The van der Waals surface area contributed by atoms with Crippen LogP contribution in [0.15, 0.2) is 48.2 Å². The van der Waals surface area contributed by atoms with E-state index in [-0.39, 0.29) is 28.3 Å². The van der Waals surface area contributed by atoms with Crippen molar-refractivity contribution in [2.75, 3.05) is 0 Å². The fraction of sp³-hybridized carbons (Fsp3) is 0.409. The lowest BCUT2D eigenvalue weighted by molar-refractivity contribution is -0.125. The molecule has 0 N–H and O–H groups in total. The van der Waals surface area contributed by atoms with Gasteiger partial charge in [0, 0.05) is 11.0 Å². The molecule has 4 nitrogen and oxygen atoms in total. The van der Waals surface area contributed by atoms with Crippen molar-refractivity contribution in [2.24, 2.45) is 16.7 Å². The largest absolute Gasteiger partial charge is 0.294 e. The second kappa shape index (κ2) is 5.50. The molecule has 1 heterocycles. The number of aromatic nitrogens is 2. The van der Waals surface area contributed by atoms with Gasteiger partial charge < -0.3 is 0 Å². The topological polar surface area (TPSA) is 52.0 Å². The SMILES string of the molecule is Cc1c(C(=O)C=C2C(=O)[C@]3(C)CC[C@H]2C3(C)C)cnn1-c1ccccc1. The molecule has 0 unspecified atom stereocenters. The minimum absolute atomic E-state index is 0.0839. The van der Waals surface area contributed by atoms with Gasteiger partial charge in [-0.15, -0.1) is 0 Å². The van der Waals surface area contributed by atoms with Gasteiger partial charge in [0.05, 0.1) is 23.1 Å². The van der Waals surface area contributed by atoms with Crippen LogP contribution in [0.1, 0.15) is 49.7 Å². The van der Waals surface area contributed by atoms with Crippen LogP contribution < -0.4 is 0 Å². The van der Waals surface area contributed by atoms with Gasteiger partial charge in [-0.1, -0.05) is 39.0 Å². The van der Waals surface area contributed by atoms with Crippen molar-refractivity contribution in [2.45, 2.75) is 40.5 Å². The van der Waals surface area contributed by atoms with Crippen molar-refractivity contribution >= 4 is 11.6 Å². The molecule has 2 bridgehead atoms. The van der Waals surface area contributed by atoms with E-state index in [1.807, 2.05) is 37.3 Å². The van der Waals surface area contributed by atoms with Crippen LogP contribution in [0.5, 0.6) is 0 Å². The number of para-hydroxylation sites is 1. The summed E-state index contributed by atoms with van der Waals surface area (Å²) in [6.45, 7) is 8.26. The van der Waals surface area contributed by atoms with Crippen molar-refractivity contribution in [3.05, 3.63) is 59.4 Å². The van der Waals surface area contributed by atoms with Crippen LogP contribution in [-0.2, 0) is 4.79 Å². The van der Waals surface area contributed by atoms with Crippen LogP contribution in [0.3, 0.4) is 0 Å². The first-order valence-electron chi connectivity index (χ1n) is 9.18. The molecule has 2 aliphatic rings. The smallest absolute Gasteiger partial charge is 0.189 e. The normalized spacial score (nSPS) is 28.1. The van der Waals surface area contributed by atoms with Gasteiger partial charge in [-0.05, 0) is 49.3 Å². The van der Waals surface area contributed by atoms with Crippen LogP contribution in [0.2, 0.25) is 0 Å². The van der Waals surface area contributed by atoms with Crippen LogP contribution in [-0.4, -0.2) is 21.3 Å².